The molecule has 1 aromatic carbocycles. The summed E-state index contributed by atoms with van der Waals surface area (Å²) in [6.07, 6.45) is 3.13. The van der Waals surface area contributed by atoms with Crippen LogP contribution in [0.25, 0.3) is 0 Å². The molecule has 1 amide bonds. The Hall–Kier alpha value is -2.44. The second kappa shape index (κ2) is 7.66. The third-order valence-electron chi connectivity index (χ3n) is 5.28. The molecule has 0 saturated carbocycles. The molecular weight excluding hydrogens is 342 g/mol. The van der Waals surface area contributed by atoms with Gasteiger partial charge in [0.15, 0.2) is 5.79 Å². The van der Waals surface area contributed by atoms with E-state index in [4.69, 9.17) is 9.47 Å². The zero-order valence-electron chi connectivity index (χ0n) is 15.6. The number of hydrogen-bond acceptors (Lipinski definition) is 5. The summed E-state index contributed by atoms with van der Waals surface area (Å²) in [7, 11) is 0. The number of aromatic nitrogens is 1. The highest BCUT2D eigenvalue weighted by atomic mass is 16.7. The van der Waals surface area contributed by atoms with Gasteiger partial charge in [-0.25, -0.2) is 0 Å². The molecule has 6 heteroatoms. The number of para-hydroxylation sites is 1. The van der Waals surface area contributed by atoms with Gasteiger partial charge in [-0.2, -0.15) is 0 Å². The van der Waals surface area contributed by atoms with Crippen molar-refractivity contribution in [1.29, 1.82) is 0 Å². The minimum absolute atomic E-state index is 0.0335. The van der Waals surface area contributed by atoms with E-state index in [0.29, 0.717) is 44.8 Å². The van der Waals surface area contributed by atoms with Gasteiger partial charge >= 0.3 is 0 Å². The maximum absolute atomic E-state index is 13.0. The van der Waals surface area contributed by atoms with Crippen molar-refractivity contribution in [1.82, 2.24) is 9.88 Å². The monoisotopic (exact) mass is 367 g/mol. The molecule has 0 aliphatic carbocycles. The molecule has 0 N–H and O–H groups in total. The van der Waals surface area contributed by atoms with Gasteiger partial charge in [-0.15, -0.1) is 0 Å². The first-order valence-electron chi connectivity index (χ1n) is 9.57. The van der Waals surface area contributed by atoms with Crippen LogP contribution >= 0.6 is 0 Å². The lowest BCUT2D eigenvalue weighted by Crippen LogP contribution is -2.47. The number of carbonyl (C=O) groups excluding carboxylic acids is 1. The third kappa shape index (κ3) is 3.68. The van der Waals surface area contributed by atoms with Gasteiger partial charge in [-0.3, -0.25) is 9.78 Å². The quantitative estimate of drug-likeness (QED) is 0.831. The number of likely N-dealkylation sites (tertiary alicyclic amines) is 1. The summed E-state index contributed by atoms with van der Waals surface area (Å²) < 4.78 is 11.5. The topological polar surface area (TPSA) is 54.9 Å². The van der Waals surface area contributed by atoms with Crippen molar-refractivity contribution >= 4 is 17.3 Å². The Balaban J connectivity index is 1.49. The van der Waals surface area contributed by atoms with Gasteiger partial charge in [0.25, 0.3) is 5.91 Å². The first-order valence-corrected chi connectivity index (χ1v) is 9.57. The maximum atomic E-state index is 13.0. The Morgan fingerprint density at radius 3 is 2.48 bits per heavy atom. The van der Waals surface area contributed by atoms with E-state index in [-0.39, 0.29) is 5.91 Å². The highest BCUT2D eigenvalue weighted by Gasteiger charge is 2.41. The average molecular weight is 367 g/mol. The standard InChI is InChI=1S/C21H25N3O3/c1-2-24(17-6-4-3-5-7-17)18-8-11-22-19(16-18)20(25)23-12-9-21(10-13-23)26-14-15-27-21/h3-8,11,16H,2,9-10,12-15H2,1H3. The first kappa shape index (κ1) is 17.9. The van der Waals surface area contributed by atoms with Crippen LogP contribution in [0.15, 0.2) is 48.7 Å². The van der Waals surface area contributed by atoms with Crippen molar-refractivity contribution in [2.75, 3.05) is 37.7 Å². The van der Waals surface area contributed by atoms with Crippen LogP contribution in [-0.4, -0.2) is 54.4 Å². The second-order valence-corrected chi connectivity index (χ2v) is 6.88. The van der Waals surface area contributed by atoms with Crippen LogP contribution in [0.3, 0.4) is 0 Å². The highest BCUT2D eigenvalue weighted by molar-refractivity contribution is 5.93. The van der Waals surface area contributed by atoms with Crippen LogP contribution in [0.5, 0.6) is 0 Å². The molecule has 6 nitrogen and oxygen atoms in total. The number of hydrogen-bond donors (Lipinski definition) is 0. The van der Waals surface area contributed by atoms with E-state index in [9.17, 15) is 4.79 Å². The number of nitrogens with zero attached hydrogens (tertiary/aromatic N) is 3. The molecule has 1 spiro atoms. The number of ether oxygens (including phenoxy) is 2. The summed E-state index contributed by atoms with van der Waals surface area (Å²) in [6.45, 7) is 5.44. The predicted octanol–water partition coefficient (Wildman–Crippen LogP) is 3.22. The Bertz CT molecular complexity index is 780. The molecule has 2 aliphatic heterocycles. The Morgan fingerprint density at radius 2 is 1.81 bits per heavy atom. The van der Waals surface area contributed by atoms with Gasteiger partial charge in [0, 0.05) is 50.0 Å². The largest absolute Gasteiger partial charge is 0.347 e. The van der Waals surface area contributed by atoms with E-state index < -0.39 is 5.79 Å². The number of carbonyl (C=O) groups is 1. The molecule has 27 heavy (non-hydrogen) atoms. The van der Waals surface area contributed by atoms with Gasteiger partial charge in [0.2, 0.25) is 0 Å². The van der Waals surface area contributed by atoms with Crippen LogP contribution < -0.4 is 4.90 Å². The Labute approximate surface area is 159 Å². The van der Waals surface area contributed by atoms with Gasteiger partial charge in [-0.05, 0) is 31.2 Å². The molecule has 142 valence electrons. The van der Waals surface area contributed by atoms with E-state index in [1.807, 2.05) is 35.2 Å². The summed E-state index contributed by atoms with van der Waals surface area (Å²) in [5, 5.41) is 0. The molecule has 2 aromatic rings. The molecule has 1 aromatic heterocycles. The molecular formula is C21H25N3O3. The summed E-state index contributed by atoms with van der Waals surface area (Å²) in [4.78, 5) is 21.3. The van der Waals surface area contributed by atoms with Gasteiger partial charge < -0.3 is 19.3 Å². The van der Waals surface area contributed by atoms with Crippen LogP contribution in [-0.2, 0) is 9.47 Å². The minimum atomic E-state index is -0.474. The third-order valence-corrected chi connectivity index (χ3v) is 5.28. The summed E-state index contributed by atoms with van der Waals surface area (Å²) in [5.41, 5.74) is 2.55. The zero-order valence-corrected chi connectivity index (χ0v) is 15.6. The van der Waals surface area contributed by atoms with Gasteiger partial charge in [0.05, 0.1) is 13.2 Å². The SMILES string of the molecule is CCN(c1ccccc1)c1ccnc(C(=O)N2CCC3(CC2)OCCO3)c1. The lowest BCUT2D eigenvalue weighted by Gasteiger charge is -2.37. The summed E-state index contributed by atoms with van der Waals surface area (Å²) in [5.74, 6) is -0.507. The highest BCUT2D eigenvalue weighted by Crippen LogP contribution is 2.32. The van der Waals surface area contributed by atoms with Crippen molar-refractivity contribution < 1.29 is 14.3 Å². The Kier molecular flexibility index (Phi) is 5.09. The minimum Gasteiger partial charge on any atom is -0.347 e. The fourth-order valence-electron chi connectivity index (χ4n) is 3.82. The van der Waals surface area contributed by atoms with Crippen molar-refractivity contribution in [3.05, 3.63) is 54.4 Å². The lowest BCUT2D eigenvalue weighted by molar-refractivity contribution is -0.181. The van der Waals surface area contributed by atoms with Crippen LogP contribution in [0.1, 0.15) is 30.3 Å². The summed E-state index contributed by atoms with van der Waals surface area (Å²) in [6, 6.07) is 14.0. The maximum Gasteiger partial charge on any atom is 0.272 e. The van der Waals surface area contributed by atoms with Crippen LogP contribution in [0, 0.1) is 0 Å². The van der Waals surface area contributed by atoms with Crippen molar-refractivity contribution in [3.63, 3.8) is 0 Å². The molecule has 3 heterocycles. The van der Waals surface area contributed by atoms with Gasteiger partial charge in [-0.1, -0.05) is 18.2 Å². The smallest absolute Gasteiger partial charge is 0.272 e. The van der Waals surface area contributed by atoms with E-state index in [2.05, 4.69) is 28.9 Å². The summed E-state index contributed by atoms with van der Waals surface area (Å²) >= 11 is 0. The van der Waals surface area contributed by atoms with Crippen LogP contribution in [0.4, 0.5) is 11.4 Å². The number of piperidine rings is 1. The molecule has 2 saturated heterocycles. The number of benzene rings is 1. The predicted molar refractivity (Wildman–Crippen MR) is 103 cm³/mol. The average Bonchev–Trinajstić information content (AvgIpc) is 3.18. The first-order chi connectivity index (χ1) is 13.2. The molecule has 4 rings (SSSR count). The molecule has 0 bridgehead atoms. The number of amides is 1. The van der Waals surface area contributed by atoms with E-state index in [1.165, 1.54) is 0 Å². The second-order valence-electron chi connectivity index (χ2n) is 6.88. The van der Waals surface area contributed by atoms with E-state index >= 15 is 0 Å². The number of rotatable bonds is 4. The number of anilines is 2. The molecule has 2 aliphatic rings. The van der Waals surface area contributed by atoms with Crippen molar-refractivity contribution in [2.24, 2.45) is 0 Å². The van der Waals surface area contributed by atoms with Gasteiger partial charge in [0.1, 0.15) is 5.69 Å². The number of pyridine rings is 1. The normalized spacial score (nSPS) is 18.6. The van der Waals surface area contributed by atoms with Crippen molar-refractivity contribution in [3.8, 4) is 0 Å². The fraction of sp³-hybridized carbons (Fsp3) is 0.429. The molecule has 0 unspecified atom stereocenters. The lowest BCUT2D eigenvalue weighted by atomic mass is 10.0. The van der Waals surface area contributed by atoms with Crippen LogP contribution in [0.2, 0.25) is 0 Å². The van der Waals surface area contributed by atoms with E-state index in [0.717, 1.165) is 17.9 Å². The molecule has 2 fully saturated rings. The Morgan fingerprint density at radius 1 is 1.11 bits per heavy atom. The molecule has 0 atom stereocenters. The fourth-order valence-corrected chi connectivity index (χ4v) is 3.82. The van der Waals surface area contributed by atoms with E-state index in [1.54, 1.807) is 6.20 Å². The zero-order chi connectivity index (χ0) is 18.7. The van der Waals surface area contributed by atoms with Crippen molar-refractivity contribution in [2.45, 2.75) is 25.6 Å². The molecule has 0 radical (unpaired) electrons.